The number of benzene rings is 1. The van der Waals surface area contributed by atoms with Crippen LogP contribution >= 0.6 is 0 Å². The summed E-state index contributed by atoms with van der Waals surface area (Å²) in [6, 6.07) is 6.70. The van der Waals surface area contributed by atoms with Crippen LogP contribution in [0.4, 0.5) is 0 Å². The van der Waals surface area contributed by atoms with E-state index in [1.54, 1.807) is 42.5 Å². The highest BCUT2D eigenvalue weighted by Crippen LogP contribution is 2.24. The maximum Gasteiger partial charge on any atom is 0.265 e. The highest BCUT2D eigenvalue weighted by atomic mass is 16.3. The molecule has 2 rings (SSSR count). The number of hydrogen-bond donors (Lipinski definition) is 4. The van der Waals surface area contributed by atoms with Crippen LogP contribution in [0.1, 0.15) is 10.4 Å². The van der Waals surface area contributed by atoms with Gasteiger partial charge in [-0.05, 0) is 30.0 Å². The molecule has 0 aliphatic rings. The number of pyridine rings is 1. The van der Waals surface area contributed by atoms with Crippen LogP contribution in [0.3, 0.4) is 0 Å². The van der Waals surface area contributed by atoms with Gasteiger partial charge in [-0.1, -0.05) is 30.9 Å². The fraction of sp³-hybridized carbons (Fsp3) is 0.0588. The van der Waals surface area contributed by atoms with E-state index in [4.69, 9.17) is 5.73 Å². The molecule has 1 heterocycles. The quantitative estimate of drug-likeness (QED) is 0.628. The molecule has 2 aromatic rings. The molecule has 23 heavy (non-hydrogen) atoms. The maximum absolute atomic E-state index is 12.2. The zero-order chi connectivity index (χ0) is 16.8. The number of aromatic hydroxyl groups is 1. The molecule has 0 atom stereocenters. The molecule has 0 unspecified atom stereocenters. The molecule has 0 spiro atoms. The van der Waals surface area contributed by atoms with E-state index >= 15 is 0 Å². The van der Waals surface area contributed by atoms with Crippen molar-refractivity contribution in [2.24, 2.45) is 5.73 Å². The number of amides is 1. The zero-order valence-electron chi connectivity index (χ0n) is 12.4. The molecular weight excluding hydrogens is 294 g/mol. The highest BCUT2D eigenvalue weighted by Gasteiger charge is 2.18. The van der Waals surface area contributed by atoms with Gasteiger partial charge in [0.1, 0.15) is 11.3 Å². The standard InChI is InChI=1S/C17H17N3O3/c1-2-5-11(8-9-18)10-19-16(22)14-15(21)12-6-3-4-7-13(12)20-17(14)23/h2-9H,1,10,18H2,(H,19,22)(H2,20,21,23)/b9-8-,11-5+. The Bertz CT molecular complexity index is 863. The minimum absolute atomic E-state index is 0.143. The zero-order valence-corrected chi connectivity index (χ0v) is 12.4. The topological polar surface area (TPSA) is 108 Å². The number of aromatic amines is 1. The Balaban J connectivity index is 2.33. The van der Waals surface area contributed by atoms with Crippen molar-refractivity contribution < 1.29 is 9.90 Å². The van der Waals surface area contributed by atoms with E-state index in [2.05, 4.69) is 16.9 Å². The Morgan fingerprint density at radius 1 is 1.39 bits per heavy atom. The fourth-order valence-corrected chi connectivity index (χ4v) is 2.16. The van der Waals surface area contributed by atoms with Crippen LogP contribution in [0.15, 0.2) is 65.6 Å². The Morgan fingerprint density at radius 3 is 2.83 bits per heavy atom. The van der Waals surface area contributed by atoms with E-state index in [1.165, 1.54) is 6.20 Å². The summed E-state index contributed by atoms with van der Waals surface area (Å²) >= 11 is 0. The summed E-state index contributed by atoms with van der Waals surface area (Å²) in [6.45, 7) is 3.71. The monoisotopic (exact) mass is 311 g/mol. The third-order valence-corrected chi connectivity index (χ3v) is 3.22. The minimum Gasteiger partial charge on any atom is -0.506 e. The third-order valence-electron chi connectivity index (χ3n) is 3.22. The predicted molar refractivity (Wildman–Crippen MR) is 90.2 cm³/mol. The first-order chi connectivity index (χ1) is 11.1. The smallest absolute Gasteiger partial charge is 0.265 e. The normalized spacial score (nSPS) is 11.7. The van der Waals surface area contributed by atoms with Crippen molar-refractivity contribution in [3.63, 3.8) is 0 Å². The van der Waals surface area contributed by atoms with Gasteiger partial charge < -0.3 is 21.1 Å². The van der Waals surface area contributed by atoms with Crippen molar-refractivity contribution in [1.82, 2.24) is 10.3 Å². The Kier molecular flexibility index (Phi) is 4.99. The lowest BCUT2D eigenvalue weighted by atomic mass is 10.1. The largest absolute Gasteiger partial charge is 0.506 e. The summed E-state index contributed by atoms with van der Waals surface area (Å²) in [5.41, 5.74) is 5.52. The van der Waals surface area contributed by atoms with Gasteiger partial charge >= 0.3 is 0 Å². The van der Waals surface area contributed by atoms with Crippen LogP contribution in [0.2, 0.25) is 0 Å². The lowest BCUT2D eigenvalue weighted by Gasteiger charge is -2.09. The van der Waals surface area contributed by atoms with Gasteiger partial charge in [-0.2, -0.15) is 0 Å². The van der Waals surface area contributed by atoms with Crippen LogP contribution in [0.25, 0.3) is 10.9 Å². The number of carbonyl (C=O) groups excluding carboxylic acids is 1. The molecule has 0 saturated heterocycles. The summed E-state index contributed by atoms with van der Waals surface area (Å²) < 4.78 is 0. The molecular formula is C17H17N3O3. The molecule has 0 radical (unpaired) electrons. The molecule has 0 aliphatic carbocycles. The first-order valence-electron chi connectivity index (χ1n) is 6.90. The van der Waals surface area contributed by atoms with Gasteiger partial charge in [-0.15, -0.1) is 0 Å². The molecule has 118 valence electrons. The van der Waals surface area contributed by atoms with Crippen LogP contribution in [-0.2, 0) is 0 Å². The Morgan fingerprint density at radius 2 is 2.13 bits per heavy atom. The lowest BCUT2D eigenvalue weighted by molar-refractivity contribution is 0.0953. The number of nitrogens with one attached hydrogen (secondary N) is 2. The molecule has 0 bridgehead atoms. The second-order valence-corrected chi connectivity index (χ2v) is 4.74. The lowest BCUT2D eigenvalue weighted by Crippen LogP contribution is -2.31. The van der Waals surface area contributed by atoms with Crippen LogP contribution in [-0.4, -0.2) is 22.5 Å². The van der Waals surface area contributed by atoms with E-state index in [1.807, 2.05) is 0 Å². The van der Waals surface area contributed by atoms with Crippen molar-refractivity contribution in [2.45, 2.75) is 0 Å². The number of carbonyl (C=O) groups is 1. The van der Waals surface area contributed by atoms with E-state index < -0.39 is 11.5 Å². The average molecular weight is 311 g/mol. The van der Waals surface area contributed by atoms with Crippen molar-refractivity contribution in [2.75, 3.05) is 6.54 Å². The first kappa shape index (κ1) is 16.1. The number of hydrogen-bond acceptors (Lipinski definition) is 4. The van der Waals surface area contributed by atoms with E-state index in [9.17, 15) is 14.7 Å². The van der Waals surface area contributed by atoms with Gasteiger partial charge in [-0.3, -0.25) is 9.59 Å². The van der Waals surface area contributed by atoms with Gasteiger partial charge in [0.2, 0.25) is 0 Å². The van der Waals surface area contributed by atoms with Gasteiger partial charge in [0.05, 0.1) is 5.52 Å². The molecule has 0 saturated carbocycles. The second-order valence-electron chi connectivity index (χ2n) is 4.74. The molecule has 5 N–H and O–H groups in total. The summed E-state index contributed by atoms with van der Waals surface area (Å²) in [7, 11) is 0. The molecule has 1 aromatic heterocycles. The van der Waals surface area contributed by atoms with Crippen molar-refractivity contribution in [1.29, 1.82) is 0 Å². The Hall–Kier alpha value is -3.28. The average Bonchev–Trinajstić information content (AvgIpc) is 2.53. The third kappa shape index (κ3) is 3.49. The van der Waals surface area contributed by atoms with Crippen LogP contribution < -0.4 is 16.6 Å². The number of fused-ring (bicyclic) bond motifs is 1. The van der Waals surface area contributed by atoms with Crippen LogP contribution in [0, 0.1) is 0 Å². The molecule has 0 aliphatic heterocycles. The van der Waals surface area contributed by atoms with Gasteiger partial charge in [0.25, 0.3) is 11.5 Å². The van der Waals surface area contributed by atoms with E-state index in [0.717, 1.165) is 0 Å². The second kappa shape index (κ2) is 7.13. The highest BCUT2D eigenvalue weighted by molar-refractivity contribution is 6.02. The number of nitrogens with two attached hydrogens (primary N) is 1. The summed E-state index contributed by atoms with van der Waals surface area (Å²) in [5.74, 6) is -1.01. The summed E-state index contributed by atoms with van der Waals surface area (Å²) in [4.78, 5) is 26.9. The van der Waals surface area contributed by atoms with E-state index in [-0.39, 0.29) is 17.9 Å². The van der Waals surface area contributed by atoms with Gasteiger partial charge in [0, 0.05) is 11.9 Å². The Labute approximate surface area is 132 Å². The number of allylic oxidation sites excluding steroid dienone is 2. The number of H-pyrrole nitrogens is 1. The number of rotatable bonds is 5. The van der Waals surface area contributed by atoms with E-state index in [0.29, 0.717) is 16.5 Å². The van der Waals surface area contributed by atoms with Crippen molar-refractivity contribution in [3.8, 4) is 5.75 Å². The van der Waals surface area contributed by atoms with Gasteiger partial charge in [-0.25, -0.2) is 0 Å². The van der Waals surface area contributed by atoms with Crippen LogP contribution in [0.5, 0.6) is 5.75 Å². The molecule has 1 aromatic carbocycles. The summed E-state index contributed by atoms with van der Waals surface area (Å²) in [6.07, 6.45) is 6.17. The molecule has 6 heteroatoms. The number of aromatic nitrogens is 1. The fourth-order valence-electron chi connectivity index (χ4n) is 2.16. The maximum atomic E-state index is 12.2. The minimum atomic E-state index is -0.671. The molecule has 0 fully saturated rings. The summed E-state index contributed by atoms with van der Waals surface area (Å²) in [5, 5.41) is 13.2. The van der Waals surface area contributed by atoms with Crippen molar-refractivity contribution in [3.05, 3.63) is 76.8 Å². The SMILES string of the molecule is C=C/C=C(\C=C/N)CNC(=O)c1c(O)c2ccccc2[nH]c1=O. The molecule has 6 nitrogen and oxygen atoms in total. The molecule has 1 amide bonds. The predicted octanol–water partition coefficient (Wildman–Crippen LogP) is 1.55. The van der Waals surface area contributed by atoms with Gasteiger partial charge in [0.15, 0.2) is 0 Å². The van der Waals surface area contributed by atoms with Crippen molar-refractivity contribution >= 4 is 16.8 Å². The first-order valence-corrected chi connectivity index (χ1v) is 6.90. The number of para-hydroxylation sites is 1.